The summed E-state index contributed by atoms with van der Waals surface area (Å²) in [7, 11) is 1.65. The summed E-state index contributed by atoms with van der Waals surface area (Å²) >= 11 is 0. The first kappa shape index (κ1) is 14.1. The number of hydrogen-bond acceptors (Lipinski definition) is 2. The van der Waals surface area contributed by atoms with E-state index in [9.17, 15) is 4.79 Å². The Bertz CT molecular complexity index is 617. The molecule has 0 atom stereocenters. The number of rotatable bonds is 5. The van der Waals surface area contributed by atoms with Gasteiger partial charge in [0, 0.05) is 12.0 Å². The Balaban J connectivity index is 2.42. The van der Waals surface area contributed by atoms with Crippen LogP contribution in [0.2, 0.25) is 0 Å². The zero-order valence-electron chi connectivity index (χ0n) is 11.7. The maximum absolute atomic E-state index is 10.7. The van der Waals surface area contributed by atoms with Crippen LogP contribution < -0.4 is 4.74 Å². The molecule has 0 saturated heterocycles. The predicted octanol–water partition coefficient (Wildman–Crippen LogP) is 3.69. The van der Waals surface area contributed by atoms with E-state index in [4.69, 9.17) is 9.84 Å². The van der Waals surface area contributed by atoms with Crippen molar-refractivity contribution < 1.29 is 14.6 Å². The number of ether oxygens (including phenoxy) is 1. The molecule has 0 aliphatic rings. The van der Waals surface area contributed by atoms with Crippen LogP contribution in [0.4, 0.5) is 0 Å². The summed E-state index contributed by atoms with van der Waals surface area (Å²) in [6.07, 6.45) is 0.664. The van der Waals surface area contributed by atoms with Crippen molar-refractivity contribution >= 4 is 5.97 Å². The summed E-state index contributed by atoms with van der Waals surface area (Å²) in [5.41, 5.74) is 4.29. The largest absolute Gasteiger partial charge is 0.496 e. The summed E-state index contributed by atoms with van der Waals surface area (Å²) in [5, 5.41) is 8.78. The van der Waals surface area contributed by atoms with Crippen LogP contribution in [0, 0.1) is 6.92 Å². The lowest BCUT2D eigenvalue weighted by molar-refractivity contribution is -0.136. The molecule has 2 aromatic rings. The number of hydrogen-bond donors (Lipinski definition) is 1. The molecule has 0 bridgehead atoms. The number of methoxy groups -OCH3 is 1. The van der Waals surface area contributed by atoms with Gasteiger partial charge in [0.15, 0.2) is 0 Å². The van der Waals surface area contributed by atoms with Crippen LogP contribution in [0.5, 0.6) is 5.75 Å². The van der Waals surface area contributed by atoms with Crippen LogP contribution in [-0.2, 0) is 11.2 Å². The monoisotopic (exact) mass is 270 g/mol. The smallest absolute Gasteiger partial charge is 0.303 e. The minimum atomic E-state index is -0.779. The number of carbonyl (C=O) groups is 1. The number of aryl methyl sites for hydroxylation is 2. The van der Waals surface area contributed by atoms with Crippen LogP contribution in [0.3, 0.4) is 0 Å². The van der Waals surface area contributed by atoms with Gasteiger partial charge in [-0.05, 0) is 42.2 Å². The fraction of sp³-hybridized carbons (Fsp3) is 0.235. The standard InChI is InChI=1S/C17H18O3/c1-12-5-3-4-6-14(12)15-11-13(8-10-17(18)19)7-9-16(15)20-2/h3-7,9,11H,8,10H2,1-2H3,(H,18,19). The first-order chi connectivity index (χ1) is 9.61. The molecule has 0 unspecified atom stereocenters. The second-order valence-electron chi connectivity index (χ2n) is 4.74. The molecule has 0 aliphatic heterocycles. The summed E-state index contributed by atoms with van der Waals surface area (Å²) in [5.74, 6) is 0.0247. The summed E-state index contributed by atoms with van der Waals surface area (Å²) in [6.45, 7) is 2.05. The fourth-order valence-corrected chi connectivity index (χ4v) is 2.25. The lowest BCUT2D eigenvalue weighted by Crippen LogP contribution is -1.98. The van der Waals surface area contributed by atoms with Gasteiger partial charge in [0.25, 0.3) is 0 Å². The predicted molar refractivity (Wildman–Crippen MR) is 79.1 cm³/mol. The molecular weight excluding hydrogens is 252 g/mol. The van der Waals surface area contributed by atoms with Crippen molar-refractivity contribution in [3.05, 3.63) is 53.6 Å². The second kappa shape index (κ2) is 6.24. The van der Waals surface area contributed by atoms with Gasteiger partial charge in [-0.3, -0.25) is 4.79 Å². The van der Waals surface area contributed by atoms with Crippen molar-refractivity contribution in [2.24, 2.45) is 0 Å². The molecule has 0 amide bonds. The van der Waals surface area contributed by atoms with Gasteiger partial charge in [0.1, 0.15) is 5.75 Å². The van der Waals surface area contributed by atoms with E-state index in [1.807, 2.05) is 36.4 Å². The van der Waals surface area contributed by atoms with Gasteiger partial charge < -0.3 is 9.84 Å². The zero-order chi connectivity index (χ0) is 14.5. The van der Waals surface area contributed by atoms with Crippen LogP contribution in [-0.4, -0.2) is 18.2 Å². The SMILES string of the molecule is COc1ccc(CCC(=O)O)cc1-c1ccccc1C. The van der Waals surface area contributed by atoms with Crippen molar-refractivity contribution in [3.63, 3.8) is 0 Å². The van der Waals surface area contributed by atoms with Crippen molar-refractivity contribution in [1.82, 2.24) is 0 Å². The molecule has 104 valence electrons. The van der Waals surface area contributed by atoms with Gasteiger partial charge in [-0.1, -0.05) is 30.3 Å². The third-order valence-corrected chi connectivity index (χ3v) is 3.33. The molecule has 3 heteroatoms. The Hall–Kier alpha value is -2.29. The van der Waals surface area contributed by atoms with Gasteiger partial charge in [-0.25, -0.2) is 0 Å². The zero-order valence-corrected chi connectivity index (χ0v) is 11.7. The molecule has 20 heavy (non-hydrogen) atoms. The number of carboxylic acid groups (broad SMARTS) is 1. The molecule has 0 heterocycles. The Kier molecular flexibility index (Phi) is 4.41. The third kappa shape index (κ3) is 3.18. The molecule has 2 aromatic carbocycles. The molecule has 0 aromatic heterocycles. The summed E-state index contributed by atoms with van der Waals surface area (Å²) < 4.78 is 5.42. The second-order valence-corrected chi connectivity index (χ2v) is 4.74. The highest BCUT2D eigenvalue weighted by Gasteiger charge is 2.09. The van der Waals surface area contributed by atoms with E-state index in [0.29, 0.717) is 6.42 Å². The molecule has 0 aliphatic carbocycles. The summed E-state index contributed by atoms with van der Waals surface area (Å²) in [4.78, 5) is 10.7. The van der Waals surface area contributed by atoms with Crippen LogP contribution in [0.15, 0.2) is 42.5 Å². The van der Waals surface area contributed by atoms with Crippen molar-refractivity contribution in [2.75, 3.05) is 7.11 Å². The molecule has 0 radical (unpaired) electrons. The molecular formula is C17H18O3. The van der Waals surface area contributed by atoms with E-state index >= 15 is 0 Å². The van der Waals surface area contributed by atoms with Crippen LogP contribution in [0.1, 0.15) is 17.5 Å². The summed E-state index contributed by atoms with van der Waals surface area (Å²) in [6, 6.07) is 13.9. The quantitative estimate of drug-likeness (QED) is 0.901. The van der Waals surface area contributed by atoms with E-state index in [0.717, 1.165) is 22.4 Å². The van der Waals surface area contributed by atoms with Crippen LogP contribution >= 0.6 is 0 Å². The van der Waals surface area contributed by atoms with Gasteiger partial charge in [0.05, 0.1) is 7.11 Å². The minimum Gasteiger partial charge on any atom is -0.496 e. The highest BCUT2D eigenvalue weighted by molar-refractivity contribution is 5.74. The van der Waals surface area contributed by atoms with Gasteiger partial charge in [0.2, 0.25) is 0 Å². The van der Waals surface area contributed by atoms with Crippen molar-refractivity contribution in [1.29, 1.82) is 0 Å². The molecule has 3 nitrogen and oxygen atoms in total. The minimum absolute atomic E-state index is 0.138. The van der Waals surface area contributed by atoms with Crippen molar-refractivity contribution in [2.45, 2.75) is 19.8 Å². The average molecular weight is 270 g/mol. The number of carboxylic acids is 1. The Morgan fingerprint density at radius 2 is 1.90 bits per heavy atom. The Morgan fingerprint density at radius 3 is 2.55 bits per heavy atom. The molecule has 2 rings (SSSR count). The topological polar surface area (TPSA) is 46.5 Å². The fourth-order valence-electron chi connectivity index (χ4n) is 2.25. The third-order valence-electron chi connectivity index (χ3n) is 3.33. The van der Waals surface area contributed by atoms with E-state index < -0.39 is 5.97 Å². The van der Waals surface area contributed by atoms with E-state index in [-0.39, 0.29) is 6.42 Å². The van der Waals surface area contributed by atoms with Gasteiger partial charge in [-0.2, -0.15) is 0 Å². The Morgan fingerprint density at radius 1 is 1.15 bits per heavy atom. The Labute approximate surface area is 118 Å². The lowest BCUT2D eigenvalue weighted by Gasteiger charge is -2.13. The molecule has 0 fully saturated rings. The average Bonchev–Trinajstić information content (AvgIpc) is 2.45. The van der Waals surface area contributed by atoms with Crippen LogP contribution in [0.25, 0.3) is 11.1 Å². The van der Waals surface area contributed by atoms with Crippen molar-refractivity contribution in [3.8, 4) is 16.9 Å². The van der Waals surface area contributed by atoms with E-state index in [1.54, 1.807) is 7.11 Å². The normalized spacial score (nSPS) is 10.3. The van der Waals surface area contributed by atoms with Gasteiger partial charge in [-0.15, -0.1) is 0 Å². The molecule has 1 N–H and O–H groups in total. The lowest BCUT2D eigenvalue weighted by atomic mass is 9.96. The van der Waals surface area contributed by atoms with E-state index in [1.165, 1.54) is 5.56 Å². The maximum Gasteiger partial charge on any atom is 0.303 e. The molecule has 0 spiro atoms. The number of aliphatic carboxylic acids is 1. The highest BCUT2D eigenvalue weighted by atomic mass is 16.5. The molecule has 0 saturated carbocycles. The number of benzene rings is 2. The van der Waals surface area contributed by atoms with E-state index in [2.05, 4.69) is 13.0 Å². The first-order valence-electron chi connectivity index (χ1n) is 6.56. The first-order valence-corrected chi connectivity index (χ1v) is 6.56. The highest BCUT2D eigenvalue weighted by Crippen LogP contribution is 2.33. The maximum atomic E-state index is 10.7. The van der Waals surface area contributed by atoms with Gasteiger partial charge >= 0.3 is 5.97 Å².